The Morgan fingerprint density at radius 1 is 1.19 bits per heavy atom. The molecule has 3 heterocycles. The van der Waals surface area contributed by atoms with Crippen molar-refractivity contribution in [1.82, 2.24) is 9.88 Å². The number of likely N-dealkylation sites (tertiary alicyclic amines) is 1. The first-order valence-electron chi connectivity index (χ1n) is 8.80. The first-order valence-corrected chi connectivity index (χ1v) is 10.2. The minimum atomic E-state index is -3.67. The van der Waals surface area contributed by atoms with Crippen molar-refractivity contribution in [2.75, 3.05) is 13.1 Å². The number of nitrogens with zero attached hydrogens (tertiary/aromatic N) is 3. The third-order valence-electron chi connectivity index (χ3n) is 4.76. The fourth-order valence-corrected chi connectivity index (χ4v) is 4.65. The lowest BCUT2D eigenvalue weighted by Crippen LogP contribution is -2.42. The van der Waals surface area contributed by atoms with Crippen LogP contribution < -0.4 is 0 Å². The second-order valence-electron chi connectivity index (χ2n) is 6.60. The van der Waals surface area contributed by atoms with Gasteiger partial charge < -0.3 is 9.64 Å². The van der Waals surface area contributed by atoms with E-state index in [4.69, 9.17) is 4.74 Å². The molecule has 7 nitrogen and oxygen atoms in total. The van der Waals surface area contributed by atoms with Gasteiger partial charge in [-0.25, -0.2) is 0 Å². The molecule has 1 atom stereocenters. The molecule has 2 aliphatic rings. The van der Waals surface area contributed by atoms with E-state index in [0.717, 1.165) is 6.42 Å². The van der Waals surface area contributed by atoms with Gasteiger partial charge in [0, 0.05) is 24.8 Å². The molecule has 0 bridgehead atoms. The number of piperidine rings is 1. The van der Waals surface area contributed by atoms with E-state index < -0.39 is 10.0 Å². The Balaban J connectivity index is 1.47. The molecule has 140 valence electrons. The van der Waals surface area contributed by atoms with Crippen molar-refractivity contribution in [3.05, 3.63) is 59.9 Å². The Morgan fingerprint density at radius 3 is 2.81 bits per heavy atom. The standard InChI is InChI=1S/C19H19N3O4S/c23-19(26-13-15-7-3-4-10-20-15)14-6-5-11-22(12-14)18-16-8-1-2-9-17(16)27(24,25)21-18/h1-4,7-10,14H,5-6,11-13H2/t14-/m1/s1. The first kappa shape index (κ1) is 17.7. The molecule has 27 heavy (non-hydrogen) atoms. The highest BCUT2D eigenvalue weighted by Crippen LogP contribution is 2.30. The van der Waals surface area contributed by atoms with E-state index in [-0.39, 0.29) is 23.4 Å². The maximum atomic E-state index is 12.5. The van der Waals surface area contributed by atoms with E-state index >= 15 is 0 Å². The Labute approximate surface area is 157 Å². The van der Waals surface area contributed by atoms with Gasteiger partial charge in [-0.1, -0.05) is 18.2 Å². The number of fused-ring (bicyclic) bond motifs is 1. The molecule has 2 aliphatic heterocycles. The molecule has 0 radical (unpaired) electrons. The van der Waals surface area contributed by atoms with Crippen LogP contribution in [0.3, 0.4) is 0 Å². The third-order valence-corrected chi connectivity index (χ3v) is 6.08. The molecular formula is C19H19N3O4S. The van der Waals surface area contributed by atoms with E-state index in [0.29, 0.717) is 36.6 Å². The van der Waals surface area contributed by atoms with Crippen molar-refractivity contribution in [2.24, 2.45) is 10.3 Å². The number of sulfonamides is 1. The Bertz CT molecular complexity index is 989. The van der Waals surface area contributed by atoms with Gasteiger partial charge in [0.1, 0.15) is 11.5 Å². The second kappa shape index (κ2) is 7.11. The van der Waals surface area contributed by atoms with Crippen LogP contribution in [0.15, 0.2) is 58.0 Å². The summed E-state index contributed by atoms with van der Waals surface area (Å²) in [6.45, 7) is 1.19. The zero-order valence-electron chi connectivity index (χ0n) is 14.6. The number of pyridine rings is 1. The van der Waals surface area contributed by atoms with Crippen LogP contribution in [-0.4, -0.2) is 43.2 Å². The molecule has 1 aromatic carbocycles. The number of esters is 1. The molecule has 0 aliphatic carbocycles. The summed E-state index contributed by atoms with van der Waals surface area (Å²) in [5.41, 5.74) is 1.29. The summed E-state index contributed by atoms with van der Waals surface area (Å²) in [4.78, 5) is 18.7. The van der Waals surface area contributed by atoms with E-state index in [9.17, 15) is 13.2 Å². The number of aromatic nitrogens is 1. The molecule has 1 saturated heterocycles. The van der Waals surface area contributed by atoms with Crippen molar-refractivity contribution in [3.8, 4) is 0 Å². The summed E-state index contributed by atoms with van der Waals surface area (Å²) < 4.78 is 33.9. The smallest absolute Gasteiger partial charge is 0.311 e. The zero-order chi connectivity index (χ0) is 18.9. The van der Waals surface area contributed by atoms with Crippen LogP contribution in [0.5, 0.6) is 0 Å². The van der Waals surface area contributed by atoms with Crippen molar-refractivity contribution in [3.63, 3.8) is 0 Å². The highest BCUT2D eigenvalue weighted by molar-refractivity contribution is 7.90. The number of hydrogen-bond donors (Lipinski definition) is 0. The number of carbonyl (C=O) groups is 1. The molecule has 0 amide bonds. The fraction of sp³-hybridized carbons (Fsp3) is 0.316. The number of ether oxygens (including phenoxy) is 1. The minimum absolute atomic E-state index is 0.133. The predicted molar refractivity (Wildman–Crippen MR) is 98.5 cm³/mol. The van der Waals surface area contributed by atoms with Crippen molar-refractivity contribution >= 4 is 21.8 Å². The topological polar surface area (TPSA) is 88.9 Å². The molecular weight excluding hydrogens is 366 g/mol. The van der Waals surface area contributed by atoms with Crippen LogP contribution >= 0.6 is 0 Å². The monoisotopic (exact) mass is 385 g/mol. The quantitative estimate of drug-likeness (QED) is 0.751. The average molecular weight is 385 g/mol. The van der Waals surface area contributed by atoms with Crippen LogP contribution in [0.25, 0.3) is 0 Å². The third kappa shape index (κ3) is 3.57. The van der Waals surface area contributed by atoms with Crippen molar-refractivity contribution in [1.29, 1.82) is 0 Å². The largest absolute Gasteiger partial charge is 0.459 e. The lowest BCUT2D eigenvalue weighted by Gasteiger charge is -2.32. The van der Waals surface area contributed by atoms with Crippen molar-refractivity contribution < 1.29 is 17.9 Å². The lowest BCUT2D eigenvalue weighted by atomic mass is 9.97. The normalized spacial score (nSPS) is 20.7. The average Bonchev–Trinajstić information content (AvgIpc) is 2.98. The van der Waals surface area contributed by atoms with Crippen molar-refractivity contribution in [2.45, 2.75) is 24.3 Å². The Hall–Kier alpha value is -2.74. The highest BCUT2D eigenvalue weighted by Gasteiger charge is 2.35. The second-order valence-corrected chi connectivity index (χ2v) is 8.17. The predicted octanol–water partition coefficient (Wildman–Crippen LogP) is 1.99. The molecule has 8 heteroatoms. The first-order chi connectivity index (χ1) is 13.0. The summed E-state index contributed by atoms with van der Waals surface area (Å²) in [7, 11) is -3.67. The molecule has 0 N–H and O–H groups in total. The van der Waals surface area contributed by atoms with Gasteiger partial charge in [-0.2, -0.15) is 8.42 Å². The van der Waals surface area contributed by atoms with E-state index in [2.05, 4.69) is 9.38 Å². The maximum absolute atomic E-state index is 12.5. The fourth-order valence-electron chi connectivity index (χ4n) is 3.42. The maximum Gasteiger partial charge on any atom is 0.311 e. The number of benzene rings is 1. The zero-order valence-corrected chi connectivity index (χ0v) is 15.4. The van der Waals surface area contributed by atoms with E-state index in [1.165, 1.54) is 0 Å². The Morgan fingerprint density at radius 2 is 2.00 bits per heavy atom. The van der Waals surface area contributed by atoms with Gasteiger partial charge >= 0.3 is 5.97 Å². The van der Waals surface area contributed by atoms with Gasteiger partial charge in [0.05, 0.1) is 11.6 Å². The lowest BCUT2D eigenvalue weighted by molar-refractivity contribution is -0.151. The molecule has 1 aromatic heterocycles. The van der Waals surface area contributed by atoms with Crippen LogP contribution in [0.4, 0.5) is 0 Å². The minimum Gasteiger partial charge on any atom is -0.459 e. The summed E-state index contributed by atoms with van der Waals surface area (Å²) in [5.74, 6) is -0.187. The molecule has 1 fully saturated rings. The molecule has 2 aromatic rings. The van der Waals surface area contributed by atoms with Crippen LogP contribution in [0.2, 0.25) is 0 Å². The summed E-state index contributed by atoms with van der Waals surface area (Å²) in [6.07, 6.45) is 3.13. The molecule has 4 rings (SSSR count). The summed E-state index contributed by atoms with van der Waals surface area (Å²) in [5, 5.41) is 0. The van der Waals surface area contributed by atoms with Gasteiger partial charge in [-0.3, -0.25) is 9.78 Å². The molecule has 0 saturated carbocycles. The number of hydrogen-bond acceptors (Lipinski definition) is 6. The molecule has 0 spiro atoms. The van der Waals surface area contributed by atoms with Gasteiger partial charge in [0.15, 0.2) is 5.84 Å². The molecule has 0 unspecified atom stereocenters. The van der Waals surface area contributed by atoms with E-state index in [1.54, 1.807) is 42.6 Å². The van der Waals surface area contributed by atoms with Crippen LogP contribution in [0.1, 0.15) is 24.1 Å². The van der Waals surface area contributed by atoms with E-state index in [1.807, 2.05) is 11.0 Å². The van der Waals surface area contributed by atoms with Gasteiger partial charge in [0.2, 0.25) is 0 Å². The summed E-state index contributed by atoms with van der Waals surface area (Å²) in [6, 6.07) is 12.2. The number of amidine groups is 1. The number of carbonyl (C=O) groups excluding carboxylic acids is 1. The van der Waals surface area contributed by atoms with Crippen LogP contribution in [-0.2, 0) is 26.2 Å². The highest BCUT2D eigenvalue weighted by atomic mass is 32.2. The number of rotatable bonds is 3. The SMILES string of the molecule is O=C(OCc1ccccn1)[C@@H]1CCCN(C2=NS(=O)(=O)c3ccccc32)C1. The van der Waals surface area contributed by atoms with Crippen LogP contribution in [0, 0.1) is 5.92 Å². The summed E-state index contributed by atoms with van der Waals surface area (Å²) >= 11 is 0. The van der Waals surface area contributed by atoms with Gasteiger partial charge in [-0.05, 0) is 37.1 Å². The van der Waals surface area contributed by atoms with Gasteiger partial charge in [-0.15, -0.1) is 4.40 Å². The Kier molecular flexibility index (Phi) is 4.65. The van der Waals surface area contributed by atoms with Gasteiger partial charge in [0.25, 0.3) is 10.0 Å².